The molecule has 0 unspecified atom stereocenters. The van der Waals surface area contributed by atoms with Crippen molar-refractivity contribution in [2.45, 2.75) is 25.4 Å². The molecule has 3 aromatic rings. The molecule has 26 heavy (non-hydrogen) atoms. The summed E-state index contributed by atoms with van der Waals surface area (Å²) >= 11 is 0. The first kappa shape index (κ1) is 16.7. The Balaban J connectivity index is 1.67. The Kier molecular flexibility index (Phi) is 4.38. The number of benzene rings is 1. The maximum atomic E-state index is 13.2. The van der Waals surface area contributed by atoms with Gasteiger partial charge in [-0.3, -0.25) is 9.58 Å². The number of aryl methyl sites for hydroxylation is 1. The molecule has 0 radical (unpaired) electrons. The van der Waals surface area contributed by atoms with Gasteiger partial charge in [0, 0.05) is 37.1 Å². The number of likely N-dealkylation sites (tertiary alicyclic amines) is 1. The van der Waals surface area contributed by atoms with Crippen LogP contribution in [0.25, 0.3) is 11.1 Å². The summed E-state index contributed by atoms with van der Waals surface area (Å²) in [4.78, 5) is 11.1. The summed E-state index contributed by atoms with van der Waals surface area (Å²) in [6, 6.07) is 6.83. The van der Waals surface area contributed by atoms with Crippen molar-refractivity contribution in [2.75, 3.05) is 12.3 Å². The van der Waals surface area contributed by atoms with Crippen LogP contribution in [-0.4, -0.2) is 31.2 Å². The molecule has 1 saturated heterocycles. The second-order valence-corrected chi connectivity index (χ2v) is 6.68. The Labute approximate surface area is 151 Å². The van der Waals surface area contributed by atoms with Crippen molar-refractivity contribution in [2.24, 2.45) is 7.05 Å². The lowest BCUT2D eigenvalue weighted by Gasteiger charge is -2.25. The Bertz CT molecular complexity index is 905. The molecule has 1 aliphatic rings. The molecule has 7 heteroatoms. The number of aromatic nitrogens is 4. The van der Waals surface area contributed by atoms with E-state index >= 15 is 0 Å². The number of nitrogens with two attached hydrogens (primary N) is 1. The summed E-state index contributed by atoms with van der Waals surface area (Å²) < 4.78 is 14.9. The van der Waals surface area contributed by atoms with Gasteiger partial charge in [-0.15, -0.1) is 0 Å². The van der Waals surface area contributed by atoms with E-state index in [4.69, 9.17) is 5.73 Å². The highest BCUT2D eigenvalue weighted by Gasteiger charge is 2.30. The van der Waals surface area contributed by atoms with E-state index in [1.165, 1.54) is 12.1 Å². The van der Waals surface area contributed by atoms with Crippen LogP contribution in [-0.2, 0) is 13.6 Å². The van der Waals surface area contributed by atoms with Gasteiger partial charge in [-0.05, 0) is 37.1 Å². The minimum atomic E-state index is -0.214. The molecule has 0 saturated carbocycles. The van der Waals surface area contributed by atoms with Gasteiger partial charge < -0.3 is 5.73 Å². The van der Waals surface area contributed by atoms with Gasteiger partial charge in [0.2, 0.25) is 5.95 Å². The first-order valence-corrected chi connectivity index (χ1v) is 8.70. The van der Waals surface area contributed by atoms with Crippen molar-refractivity contribution in [1.29, 1.82) is 0 Å². The Hall–Kier alpha value is -2.80. The monoisotopic (exact) mass is 352 g/mol. The van der Waals surface area contributed by atoms with E-state index in [1.54, 1.807) is 10.9 Å². The molecule has 6 nitrogen and oxygen atoms in total. The van der Waals surface area contributed by atoms with Gasteiger partial charge in [-0.2, -0.15) is 5.10 Å². The number of nitrogen functional groups attached to an aromatic ring is 1. The highest BCUT2D eigenvalue weighted by atomic mass is 19.1. The lowest BCUT2D eigenvalue weighted by Crippen LogP contribution is -2.24. The van der Waals surface area contributed by atoms with Gasteiger partial charge in [-0.1, -0.05) is 12.1 Å². The lowest BCUT2D eigenvalue weighted by atomic mass is 10.0. The predicted molar refractivity (Wildman–Crippen MR) is 97.4 cm³/mol. The van der Waals surface area contributed by atoms with Crippen molar-refractivity contribution in [3.05, 3.63) is 59.9 Å². The first-order chi connectivity index (χ1) is 12.6. The first-order valence-electron chi connectivity index (χ1n) is 8.70. The normalized spacial score (nSPS) is 17.7. The predicted octanol–water partition coefficient (Wildman–Crippen LogP) is 2.94. The molecule has 1 aromatic carbocycles. The molecule has 134 valence electrons. The number of anilines is 1. The molecular formula is C19H21FN6. The van der Waals surface area contributed by atoms with Crippen LogP contribution in [0, 0.1) is 5.82 Å². The highest BCUT2D eigenvalue weighted by Crippen LogP contribution is 2.37. The van der Waals surface area contributed by atoms with E-state index in [1.807, 2.05) is 31.6 Å². The Morgan fingerprint density at radius 1 is 1.23 bits per heavy atom. The van der Waals surface area contributed by atoms with E-state index in [-0.39, 0.29) is 17.8 Å². The van der Waals surface area contributed by atoms with Gasteiger partial charge in [0.1, 0.15) is 5.82 Å². The summed E-state index contributed by atoms with van der Waals surface area (Å²) in [5.41, 5.74) is 9.86. The summed E-state index contributed by atoms with van der Waals surface area (Å²) in [7, 11) is 1.89. The van der Waals surface area contributed by atoms with Crippen molar-refractivity contribution < 1.29 is 4.39 Å². The third-order valence-electron chi connectivity index (χ3n) is 4.83. The van der Waals surface area contributed by atoms with Crippen molar-refractivity contribution in [3.8, 4) is 11.1 Å². The molecule has 0 spiro atoms. The minimum Gasteiger partial charge on any atom is -0.368 e. The van der Waals surface area contributed by atoms with Gasteiger partial charge in [0.15, 0.2) is 0 Å². The molecule has 1 fully saturated rings. The zero-order valence-corrected chi connectivity index (χ0v) is 14.6. The maximum absolute atomic E-state index is 13.2. The van der Waals surface area contributed by atoms with E-state index in [2.05, 4.69) is 20.0 Å². The summed E-state index contributed by atoms with van der Waals surface area (Å²) in [6.45, 7) is 1.72. The Morgan fingerprint density at radius 3 is 2.77 bits per heavy atom. The van der Waals surface area contributed by atoms with Gasteiger partial charge in [-0.25, -0.2) is 14.4 Å². The quantitative estimate of drug-likeness (QED) is 0.781. The third-order valence-corrected chi connectivity index (χ3v) is 4.83. The fourth-order valence-electron chi connectivity index (χ4n) is 3.60. The van der Waals surface area contributed by atoms with Crippen LogP contribution in [0.5, 0.6) is 0 Å². The minimum absolute atomic E-state index is 0.153. The zero-order chi connectivity index (χ0) is 18.1. The van der Waals surface area contributed by atoms with Crippen molar-refractivity contribution in [1.82, 2.24) is 24.6 Å². The largest absolute Gasteiger partial charge is 0.368 e. The van der Waals surface area contributed by atoms with Crippen LogP contribution in [0.4, 0.5) is 10.3 Å². The molecule has 2 N–H and O–H groups in total. The molecule has 4 rings (SSSR count). The zero-order valence-electron chi connectivity index (χ0n) is 14.6. The Morgan fingerprint density at radius 2 is 2.04 bits per heavy atom. The van der Waals surface area contributed by atoms with E-state index in [9.17, 15) is 4.39 Å². The number of hydrogen-bond acceptors (Lipinski definition) is 5. The summed E-state index contributed by atoms with van der Waals surface area (Å²) in [6.07, 6.45) is 7.64. The number of hydrogen-bond donors (Lipinski definition) is 1. The molecule has 1 aliphatic heterocycles. The molecule has 0 amide bonds. The van der Waals surface area contributed by atoms with Crippen LogP contribution < -0.4 is 5.73 Å². The lowest BCUT2D eigenvalue weighted by molar-refractivity contribution is 0.245. The maximum Gasteiger partial charge on any atom is 0.220 e. The second-order valence-electron chi connectivity index (χ2n) is 6.68. The van der Waals surface area contributed by atoms with E-state index < -0.39 is 0 Å². The topological polar surface area (TPSA) is 72.9 Å². The molecular weight excluding hydrogens is 331 g/mol. The van der Waals surface area contributed by atoms with E-state index in [0.717, 1.165) is 48.3 Å². The number of rotatable bonds is 4. The van der Waals surface area contributed by atoms with Crippen LogP contribution in [0.2, 0.25) is 0 Å². The van der Waals surface area contributed by atoms with Gasteiger partial charge >= 0.3 is 0 Å². The second kappa shape index (κ2) is 6.84. The van der Waals surface area contributed by atoms with Crippen LogP contribution in [0.15, 0.2) is 42.9 Å². The summed E-state index contributed by atoms with van der Waals surface area (Å²) in [5, 5.41) is 4.26. The van der Waals surface area contributed by atoms with Crippen molar-refractivity contribution >= 4 is 5.95 Å². The third kappa shape index (κ3) is 3.30. The standard InChI is InChI=1S/C19H21FN6/c1-25-12-14(9-23-25)16-10-22-19(21)24-18(16)17-3-2-8-26(17)11-13-4-6-15(20)7-5-13/h4-7,9-10,12,17H,2-3,8,11H2,1H3,(H2,21,22,24)/t17-/m1/s1. The number of halogens is 1. The smallest absolute Gasteiger partial charge is 0.220 e. The highest BCUT2D eigenvalue weighted by molar-refractivity contribution is 5.64. The fraction of sp³-hybridized carbons (Fsp3) is 0.316. The van der Waals surface area contributed by atoms with Crippen molar-refractivity contribution in [3.63, 3.8) is 0 Å². The molecule has 0 bridgehead atoms. The van der Waals surface area contributed by atoms with Crippen LogP contribution in [0.3, 0.4) is 0 Å². The SMILES string of the molecule is Cn1cc(-c2cnc(N)nc2[C@H]2CCCN2Cc2ccc(F)cc2)cn1. The molecule has 3 heterocycles. The van der Waals surface area contributed by atoms with Crippen LogP contribution >= 0.6 is 0 Å². The van der Waals surface area contributed by atoms with E-state index in [0.29, 0.717) is 0 Å². The molecule has 2 aromatic heterocycles. The number of nitrogens with zero attached hydrogens (tertiary/aromatic N) is 5. The fourth-order valence-corrected chi connectivity index (χ4v) is 3.60. The average molecular weight is 352 g/mol. The van der Waals surface area contributed by atoms with Gasteiger partial charge in [0.05, 0.1) is 17.9 Å². The van der Waals surface area contributed by atoms with Gasteiger partial charge in [0.25, 0.3) is 0 Å². The molecule has 1 atom stereocenters. The van der Waals surface area contributed by atoms with Crippen LogP contribution in [0.1, 0.15) is 30.1 Å². The molecule has 0 aliphatic carbocycles. The summed E-state index contributed by atoms with van der Waals surface area (Å²) in [5.74, 6) is 0.0652. The average Bonchev–Trinajstić information content (AvgIpc) is 3.26.